The summed E-state index contributed by atoms with van der Waals surface area (Å²) in [5.74, 6) is 1.05. The highest BCUT2D eigenvalue weighted by Gasteiger charge is 2.36. The second kappa shape index (κ2) is 4.84. The molecular weight excluding hydrogens is 224 g/mol. The van der Waals surface area contributed by atoms with E-state index in [4.69, 9.17) is 0 Å². The summed E-state index contributed by atoms with van der Waals surface area (Å²) in [6.07, 6.45) is 7.01. The number of nitrogens with zero attached hydrogens (tertiary/aromatic N) is 3. The van der Waals surface area contributed by atoms with Crippen molar-refractivity contribution in [3.63, 3.8) is 0 Å². The Morgan fingerprint density at radius 1 is 1.33 bits per heavy atom. The molecule has 1 N–H and O–H groups in total. The van der Waals surface area contributed by atoms with Gasteiger partial charge in [0, 0.05) is 24.7 Å². The molecule has 2 aliphatic heterocycles. The molecule has 0 amide bonds. The molecule has 4 heteroatoms. The molecule has 3 rings (SSSR count). The van der Waals surface area contributed by atoms with Crippen LogP contribution < -0.4 is 10.2 Å². The third-order valence-corrected chi connectivity index (χ3v) is 4.30. The molecule has 2 atom stereocenters. The largest absolute Gasteiger partial charge is 0.352 e. The molecular formula is C14H22N4. The number of hydrogen-bond donors (Lipinski definition) is 1. The van der Waals surface area contributed by atoms with Crippen LogP contribution in [0, 0.1) is 6.92 Å². The Hall–Kier alpha value is -1.16. The summed E-state index contributed by atoms with van der Waals surface area (Å²) in [5, 5.41) is 12.1. The average Bonchev–Trinajstić information content (AvgIpc) is 2.70. The predicted molar refractivity (Wildman–Crippen MR) is 72.8 cm³/mol. The van der Waals surface area contributed by atoms with Crippen LogP contribution in [-0.2, 0) is 0 Å². The summed E-state index contributed by atoms with van der Waals surface area (Å²) in [4.78, 5) is 2.44. The van der Waals surface area contributed by atoms with Crippen LogP contribution >= 0.6 is 0 Å². The van der Waals surface area contributed by atoms with Gasteiger partial charge in [-0.05, 0) is 51.2 Å². The first-order valence-corrected chi connectivity index (χ1v) is 7.08. The lowest BCUT2D eigenvalue weighted by atomic mass is 9.98. The molecule has 2 aliphatic rings. The molecule has 0 aliphatic carbocycles. The van der Waals surface area contributed by atoms with Gasteiger partial charge in [0.25, 0.3) is 0 Å². The highest BCUT2D eigenvalue weighted by Crippen LogP contribution is 2.31. The van der Waals surface area contributed by atoms with Crippen LogP contribution in [0.1, 0.15) is 38.2 Å². The lowest BCUT2D eigenvalue weighted by molar-refractivity contribution is 0.347. The molecule has 2 fully saturated rings. The second-order valence-electron chi connectivity index (χ2n) is 5.64. The van der Waals surface area contributed by atoms with Gasteiger partial charge in [0.15, 0.2) is 5.82 Å². The maximum atomic E-state index is 4.31. The summed E-state index contributed by atoms with van der Waals surface area (Å²) >= 11 is 0. The van der Waals surface area contributed by atoms with Gasteiger partial charge >= 0.3 is 0 Å². The molecule has 4 nitrogen and oxygen atoms in total. The van der Waals surface area contributed by atoms with Gasteiger partial charge in [0.05, 0.1) is 6.20 Å². The summed E-state index contributed by atoms with van der Waals surface area (Å²) in [7, 11) is 0. The van der Waals surface area contributed by atoms with Gasteiger partial charge in [-0.15, -0.1) is 5.10 Å². The van der Waals surface area contributed by atoms with Crippen molar-refractivity contribution in [2.75, 3.05) is 11.4 Å². The van der Waals surface area contributed by atoms with Crippen molar-refractivity contribution in [2.45, 2.75) is 57.7 Å². The Morgan fingerprint density at radius 2 is 2.06 bits per heavy atom. The summed E-state index contributed by atoms with van der Waals surface area (Å²) in [5.41, 5.74) is 1.19. The number of nitrogens with one attached hydrogen (secondary N) is 1. The fraction of sp³-hybridized carbons (Fsp3) is 0.714. The Morgan fingerprint density at radius 3 is 2.67 bits per heavy atom. The van der Waals surface area contributed by atoms with Crippen molar-refractivity contribution in [3.05, 3.63) is 17.8 Å². The van der Waals surface area contributed by atoms with Gasteiger partial charge in [0.1, 0.15) is 0 Å². The first-order chi connectivity index (χ1) is 8.76. The monoisotopic (exact) mass is 246 g/mol. The third-order valence-electron chi connectivity index (χ3n) is 4.30. The smallest absolute Gasteiger partial charge is 0.151 e. The molecule has 1 aromatic heterocycles. The van der Waals surface area contributed by atoms with Crippen LogP contribution in [0.25, 0.3) is 0 Å². The molecule has 98 valence electrons. The minimum absolute atomic E-state index is 0.629. The fourth-order valence-corrected chi connectivity index (χ4v) is 3.48. The second-order valence-corrected chi connectivity index (χ2v) is 5.64. The van der Waals surface area contributed by atoms with Crippen LogP contribution in [0.5, 0.6) is 0 Å². The number of anilines is 1. The first kappa shape index (κ1) is 11.9. The van der Waals surface area contributed by atoms with Crippen LogP contribution in [-0.4, -0.2) is 34.9 Å². The Labute approximate surface area is 109 Å². The van der Waals surface area contributed by atoms with Crippen molar-refractivity contribution in [3.8, 4) is 0 Å². The Kier molecular flexibility index (Phi) is 3.20. The SMILES string of the molecule is CCN(c1cc(C)cnn1)C1CC2CCC(C1)N2. The molecule has 18 heavy (non-hydrogen) atoms. The molecule has 1 aromatic rings. The Bertz CT molecular complexity index is 408. The first-order valence-electron chi connectivity index (χ1n) is 7.08. The zero-order chi connectivity index (χ0) is 12.5. The average molecular weight is 246 g/mol. The zero-order valence-corrected chi connectivity index (χ0v) is 11.3. The standard InChI is InChI=1S/C14H22N4/c1-3-18(14-6-10(2)9-15-17-14)13-7-11-4-5-12(8-13)16-11/h6,9,11-13,16H,3-5,7-8H2,1-2H3. The van der Waals surface area contributed by atoms with E-state index in [-0.39, 0.29) is 0 Å². The van der Waals surface area contributed by atoms with Gasteiger partial charge in [-0.3, -0.25) is 0 Å². The molecule has 0 aromatic carbocycles. The van der Waals surface area contributed by atoms with Crippen LogP contribution in [0.4, 0.5) is 5.82 Å². The summed E-state index contributed by atoms with van der Waals surface area (Å²) in [6, 6.07) is 4.23. The lowest BCUT2D eigenvalue weighted by Gasteiger charge is -2.37. The van der Waals surface area contributed by atoms with Crippen molar-refractivity contribution < 1.29 is 0 Å². The van der Waals surface area contributed by atoms with Crippen molar-refractivity contribution in [1.82, 2.24) is 15.5 Å². The number of piperidine rings is 1. The normalized spacial score (nSPS) is 30.4. The van der Waals surface area contributed by atoms with E-state index in [2.05, 4.69) is 40.3 Å². The molecule has 2 saturated heterocycles. The van der Waals surface area contributed by atoms with E-state index in [0.717, 1.165) is 24.4 Å². The van der Waals surface area contributed by atoms with Crippen LogP contribution in [0.3, 0.4) is 0 Å². The predicted octanol–water partition coefficient (Wildman–Crippen LogP) is 1.89. The van der Waals surface area contributed by atoms with Crippen molar-refractivity contribution in [1.29, 1.82) is 0 Å². The van der Waals surface area contributed by atoms with Gasteiger partial charge in [0.2, 0.25) is 0 Å². The maximum Gasteiger partial charge on any atom is 0.151 e. The fourth-order valence-electron chi connectivity index (χ4n) is 3.48. The van der Waals surface area contributed by atoms with Crippen molar-refractivity contribution >= 4 is 5.82 Å². The van der Waals surface area contributed by atoms with Crippen LogP contribution in [0.15, 0.2) is 12.3 Å². The Balaban J connectivity index is 1.80. The summed E-state index contributed by atoms with van der Waals surface area (Å²) < 4.78 is 0. The third kappa shape index (κ3) is 2.21. The van der Waals surface area contributed by atoms with E-state index < -0.39 is 0 Å². The molecule has 2 bridgehead atoms. The highest BCUT2D eigenvalue weighted by molar-refractivity contribution is 5.40. The van der Waals surface area contributed by atoms with Crippen LogP contribution in [0.2, 0.25) is 0 Å². The number of aromatic nitrogens is 2. The van der Waals surface area contributed by atoms with Gasteiger partial charge < -0.3 is 10.2 Å². The maximum absolute atomic E-state index is 4.31. The molecule has 0 spiro atoms. The van der Waals surface area contributed by atoms with Gasteiger partial charge in [-0.25, -0.2) is 0 Å². The number of aryl methyl sites for hydroxylation is 1. The quantitative estimate of drug-likeness (QED) is 0.884. The van der Waals surface area contributed by atoms with Crippen molar-refractivity contribution in [2.24, 2.45) is 0 Å². The number of fused-ring (bicyclic) bond motifs is 2. The van der Waals surface area contributed by atoms with E-state index in [1.807, 2.05) is 6.20 Å². The van der Waals surface area contributed by atoms with E-state index in [1.165, 1.54) is 31.2 Å². The van der Waals surface area contributed by atoms with Gasteiger partial charge in [-0.2, -0.15) is 5.10 Å². The van der Waals surface area contributed by atoms with E-state index in [1.54, 1.807) is 0 Å². The minimum atomic E-state index is 0.629. The highest BCUT2D eigenvalue weighted by atomic mass is 15.3. The molecule has 3 heterocycles. The minimum Gasteiger partial charge on any atom is -0.352 e. The van der Waals surface area contributed by atoms with E-state index in [0.29, 0.717) is 6.04 Å². The van der Waals surface area contributed by atoms with Gasteiger partial charge in [-0.1, -0.05) is 0 Å². The number of hydrogen-bond acceptors (Lipinski definition) is 4. The molecule has 0 saturated carbocycles. The molecule has 2 unspecified atom stereocenters. The lowest BCUT2D eigenvalue weighted by Crippen LogP contribution is -2.48. The van der Waals surface area contributed by atoms with E-state index in [9.17, 15) is 0 Å². The zero-order valence-electron chi connectivity index (χ0n) is 11.3. The molecule has 0 radical (unpaired) electrons. The summed E-state index contributed by atoms with van der Waals surface area (Å²) in [6.45, 7) is 5.31. The number of rotatable bonds is 3. The van der Waals surface area contributed by atoms with E-state index >= 15 is 0 Å². The topological polar surface area (TPSA) is 41.1 Å².